The van der Waals surface area contributed by atoms with E-state index in [1.165, 1.54) is 41.1 Å². The van der Waals surface area contributed by atoms with Crippen LogP contribution < -0.4 is 15.0 Å². The van der Waals surface area contributed by atoms with E-state index in [0.29, 0.717) is 5.39 Å². The quantitative estimate of drug-likeness (QED) is 0.256. The number of methoxy groups -OCH3 is 1. The highest BCUT2D eigenvalue weighted by atomic mass is 32.1. The van der Waals surface area contributed by atoms with Crippen LogP contribution in [0.4, 0.5) is 5.69 Å². The minimum absolute atomic E-state index is 0.0786. The monoisotopic (exact) mass is 429 g/mol. The third kappa shape index (κ3) is 3.78. The molecule has 1 aliphatic rings. The second-order valence-electron chi connectivity index (χ2n) is 6.95. The highest BCUT2D eigenvalue weighted by molar-refractivity contribution is 7.18. The van der Waals surface area contributed by atoms with Crippen molar-refractivity contribution < 1.29 is 19.2 Å². The molecular weight excluding hydrogens is 410 g/mol. The van der Waals surface area contributed by atoms with Crippen LogP contribution in [0.2, 0.25) is 0 Å². The van der Waals surface area contributed by atoms with Crippen LogP contribution in [0.25, 0.3) is 10.2 Å². The van der Waals surface area contributed by atoms with E-state index in [1.54, 1.807) is 11.3 Å². The van der Waals surface area contributed by atoms with Crippen LogP contribution >= 0.6 is 11.3 Å². The number of nitro groups is 1. The summed E-state index contributed by atoms with van der Waals surface area (Å²) < 4.78 is 11.5. The molecule has 0 atom stereocenters. The van der Waals surface area contributed by atoms with Gasteiger partial charge in [-0.15, -0.1) is 11.3 Å². The summed E-state index contributed by atoms with van der Waals surface area (Å²) in [5.74, 6) is -0.562. The molecule has 9 nitrogen and oxygen atoms in total. The first-order chi connectivity index (χ1) is 14.5. The molecule has 4 rings (SSSR count). The molecule has 2 aromatic heterocycles. The van der Waals surface area contributed by atoms with E-state index in [1.807, 2.05) is 0 Å². The number of carbonyl (C=O) groups is 1. The van der Waals surface area contributed by atoms with Gasteiger partial charge in [0.05, 0.1) is 36.2 Å². The molecule has 10 heteroatoms. The summed E-state index contributed by atoms with van der Waals surface area (Å²) in [4.78, 5) is 42.1. The molecule has 0 saturated carbocycles. The zero-order chi connectivity index (χ0) is 21.3. The molecule has 2 heterocycles. The molecule has 0 bridgehead atoms. The Labute approximate surface area is 175 Å². The van der Waals surface area contributed by atoms with Crippen molar-refractivity contribution >= 4 is 33.2 Å². The third-order valence-electron chi connectivity index (χ3n) is 5.09. The van der Waals surface area contributed by atoms with Crippen LogP contribution in [-0.4, -0.2) is 27.6 Å². The van der Waals surface area contributed by atoms with Crippen molar-refractivity contribution in [2.24, 2.45) is 0 Å². The standard InChI is InChI=1S/C20H19N3O6S/c1-28-12-6-7-15(14(10-12)23(26)27)29-17(24)8-9-22-11-21-19-18(20(22)25)13-4-2-3-5-16(13)30-19/h6-7,10-11H,2-5,8-9H2,1H3. The Morgan fingerprint density at radius 1 is 1.33 bits per heavy atom. The lowest BCUT2D eigenvalue weighted by molar-refractivity contribution is -0.385. The van der Waals surface area contributed by atoms with Crippen molar-refractivity contribution in [2.75, 3.05) is 7.11 Å². The van der Waals surface area contributed by atoms with Crippen LogP contribution in [0, 0.1) is 10.1 Å². The zero-order valence-corrected chi connectivity index (χ0v) is 17.1. The summed E-state index contributed by atoms with van der Waals surface area (Å²) in [6, 6.07) is 3.97. The summed E-state index contributed by atoms with van der Waals surface area (Å²) >= 11 is 1.57. The van der Waals surface area contributed by atoms with Crippen molar-refractivity contribution in [3.8, 4) is 11.5 Å². The van der Waals surface area contributed by atoms with E-state index in [2.05, 4.69) is 4.98 Å². The van der Waals surface area contributed by atoms with E-state index < -0.39 is 10.9 Å². The van der Waals surface area contributed by atoms with Crippen LogP contribution in [-0.2, 0) is 24.2 Å². The number of carbonyl (C=O) groups excluding carboxylic acids is 1. The minimum Gasteiger partial charge on any atom is -0.496 e. The molecule has 1 aliphatic carbocycles. The lowest BCUT2D eigenvalue weighted by Crippen LogP contribution is -2.23. The summed E-state index contributed by atoms with van der Waals surface area (Å²) in [6.45, 7) is 0.0786. The fourth-order valence-corrected chi connectivity index (χ4v) is 4.80. The van der Waals surface area contributed by atoms with Gasteiger partial charge in [0.25, 0.3) is 5.56 Å². The zero-order valence-electron chi connectivity index (χ0n) is 16.3. The number of nitrogens with zero attached hydrogens (tertiary/aromatic N) is 3. The summed E-state index contributed by atoms with van der Waals surface area (Å²) in [5.41, 5.74) is 0.556. The first-order valence-electron chi connectivity index (χ1n) is 9.50. The van der Waals surface area contributed by atoms with Crippen molar-refractivity contribution in [2.45, 2.75) is 38.6 Å². The number of esters is 1. The summed E-state index contributed by atoms with van der Waals surface area (Å²) in [6.07, 6.45) is 5.35. The molecule has 30 heavy (non-hydrogen) atoms. The predicted octanol–water partition coefficient (Wildman–Crippen LogP) is 3.25. The Morgan fingerprint density at radius 2 is 2.13 bits per heavy atom. The molecule has 3 aromatic rings. The minimum atomic E-state index is -0.678. The summed E-state index contributed by atoms with van der Waals surface area (Å²) in [5, 5.41) is 11.9. The molecule has 0 amide bonds. The number of hydrogen-bond donors (Lipinski definition) is 0. The largest absolute Gasteiger partial charge is 0.496 e. The number of rotatable bonds is 6. The highest BCUT2D eigenvalue weighted by Gasteiger charge is 2.21. The fraction of sp³-hybridized carbons (Fsp3) is 0.350. The smallest absolute Gasteiger partial charge is 0.315 e. The fourth-order valence-electron chi connectivity index (χ4n) is 3.58. The second kappa shape index (κ2) is 8.23. The number of aryl methyl sites for hydroxylation is 3. The molecule has 0 unspecified atom stereocenters. The van der Waals surface area contributed by atoms with Crippen molar-refractivity contribution in [3.05, 3.63) is 55.4 Å². The summed E-state index contributed by atoms with van der Waals surface area (Å²) in [7, 11) is 1.39. The van der Waals surface area contributed by atoms with Crippen LogP contribution in [0.1, 0.15) is 29.7 Å². The predicted molar refractivity (Wildman–Crippen MR) is 110 cm³/mol. The van der Waals surface area contributed by atoms with E-state index in [-0.39, 0.29) is 35.7 Å². The molecule has 0 saturated heterocycles. The number of thiophene rings is 1. The van der Waals surface area contributed by atoms with Crippen molar-refractivity contribution in [1.29, 1.82) is 0 Å². The van der Waals surface area contributed by atoms with Gasteiger partial charge >= 0.3 is 11.7 Å². The maximum Gasteiger partial charge on any atom is 0.315 e. The first kappa shape index (κ1) is 20.0. The molecular formula is C20H19N3O6S. The Bertz CT molecular complexity index is 1200. The van der Waals surface area contributed by atoms with E-state index in [0.717, 1.165) is 36.1 Å². The number of ether oxygens (including phenoxy) is 2. The Balaban J connectivity index is 1.51. The van der Waals surface area contributed by atoms with Gasteiger partial charge in [-0.25, -0.2) is 4.98 Å². The Kier molecular flexibility index (Phi) is 5.49. The molecule has 0 aliphatic heterocycles. The average molecular weight is 429 g/mol. The van der Waals surface area contributed by atoms with Crippen LogP contribution in [0.15, 0.2) is 29.3 Å². The van der Waals surface area contributed by atoms with Gasteiger partial charge in [-0.3, -0.25) is 24.3 Å². The number of hydrogen-bond acceptors (Lipinski definition) is 8. The lowest BCUT2D eigenvalue weighted by Gasteiger charge is -2.10. The molecule has 0 radical (unpaired) electrons. The Morgan fingerprint density at radius 3 is 2.90 bits per heavy atom. The van der Waals surface area contributed by atoms with Gasteiger partial charge in [-0.1, -0.05) is 0 Å². The third-order valence-corrected chi connectivity index (χ3v) is 6.29. The number of benzene rings is 1. The van der Waals surface area contributed by atoms with Crippen LogP contribution in [0.5, 0.6) is 11.5 Å². The molecule has 0 fully saturated rings. The first-order valence-corrected chi connectivity index (χ1v) is 10.3. The van der Waals surface area contributed by atoms with Gasteiger partial charge < -0.3 is 9.47 Å². The SMILES string of the molecule is COc1ccc(OC(=O)CCn2cnc3sc4c(c3c2=O)CCCC4)c([N+](=O)[O-])c1. The van der Waals surface area contributed by atoms with Crippen molar-refractivity contribution in [3.63, 3.8) is 0 Å². The maximum absolute atomic E-state index is 12.9. The van der Waals surface area contributed by atoms with Gasteiger partial charge in [0.1, 0.15) is 10.6 Å². The van der Waals surface area contributed by atoms with Gasteiger partial charge in [0.15, 0.2) is 0 Å². The number of aromatic nitrogens is 2. The van der Waals surface area contributed by atoms with Crippen molar-refractivity contribution in [1.82, 2.24) is 9.55 Å². The topological polar surface area (TPSA) is 114 Å². The Hall–Kier alpha value is -3.27. The van der Waals surface area contributed by atoms with Gasteiger partial charge in [-0.05, 0) is 43.4 Å². The molecule has 0 spiro atoms. The highest BCUT2D eigenvalue weighted by Crippen LogP contribution is 2.33. The van der Waals surface area contributed by atoms with E-state index in [4.69, 9.17) is 9.47 Å². The van der Waals surface area contributed by atoms with Crippen LogP contribution in [0.3, 0.4) is 0 Å². The van der Waals surface area contributed by atoms with Gasteiger partial charge in [0.2, 0.25) is 5.75 Å². The normalized spacial score (nSPS) is 13.1. The average Bonchev–Trinajstić information content (AvgIpc) is 3.12. The molecule has 1 aromatic carbocycles. The second-order valence-corrected chi connectivity index (χ2v) is 8.03. The van der Waals surface area contributed by atoms with E-state index >= 15 is 0 Å². The van der Waals surface area contributed by atoms with E-state index in [9.17, 15) is 19.7 Å². The maximum atomic E-state index is 12.9. The van der Waals surface area contributed by atoms with Gasteiger partial charge in [-0.2, -0.15) is 0 Å². The molecule has 156 valence electrons. The molecule has 0 N–H and O–H groups in total. The van der Waals surface area contributed by atoms with Gasteiger partial charge in [0, 0.05) is 11.4 Å². The number of nitro benzene ring substituents is 1. The number of fused-ring (bicyclic) bond motifs is 3. The lowest BCUT2D eigenvalue weighted by atomic mass is 9.97.